The van der Waals surface area contributed by atoms with Crippen molar-refractivity contribution in [1.82, 2.24) is 15.2 Å². The van der Waals surface area contributed by atoms with Gasteiger partial charge in [0.1, 0.15) is 5.60 Å². The number of aliphatic hydroxyl groups is 1. The molecule has 1 aromatic rings. The minimum absolute atomic E-state index is 0.237. The fourth-order valence-corrected chi connectivity index (χ4v) is 1.99. The number of pyridine rings is 1. The molecular formula is C17H29N3O4. The van der Waals surface area contributed by atoms with Crippen LogP contribution in [0, 0.1) is 0 Å². The first kappa shape index (κ1) is 20.2. The van der Waals surface area contributed by atoms with Gasteiger partial charge in [-0.05, 0) is 33.3 Å². The summed E-state index contributed by atoms with van der Waals surface area (Å²) < 4.78 is 10.4. The Morgan fingerprint density at radius 2 is 2.12 bits per heavy atom. The van der Waals surface area contributed by atoms with Gasteiger partial charge in [0.15, 0.2) is 0 Å². The normalized spacial score (nSPS) is 12.6. The van der Waals surface area contributed by atoms with Crippen LogP contribution in [-0.4, -0.2) is 59.5 Å². The Hall–Kier alpha value is -1.86. The van der Waals surface area contributed by atoms with E-state index in [1.165, 1.54) is 4.90 Å². The van der Waals surface area contributed by atoms with Gasteiger partial charge in [0, 0.05) is 38.4 Å². The zero-order valence-corrected chi connectivity index (χ0v) is 15.2. The lowest BCUT2D eigenvalue weighted by atomic mass is 10.2. The molecule has 1 atom stereocenters. The molecule has 1 heterocycles. The summed E-state index contributed by atoms with van der Waals surface area (Å²) in [4.78, 5) is 17.8. The molecule has 0 spiro atoms. The third-order valence-corrected chi connectivity index (χ3v) is 3.03. The topological polar surface area (TPSA) is 83.9 Å². The molecule has 0 aliphatic rings. The summed E-state index contributed by atoms with van der Waals surface area (Å²) in [7, 11) is 1.58. The second-order valence-electron chi connectivity index (χ2n) is 6.66. The van der Waals surface area contributed by atoms with E-state index in [-0.39, 0.29) is 6.54 Å². The van der Waals surface area contributed by atoms with Crippen LogP contribution in [0.15, 0.2) is 18.3 Å². The highest BCUT2D eigenvalue weighted by molar-refractivity contribution is 5.68. The number of nitrogens with one attached hydrogen (secondary N) is 1. The molecule has 0 aliphatic carbocycles. The average molecular weight is 339 g/mol. The molecule has 136 valence electrons. The third-order valence-electron chi connectivity index (χ3n) is 3.03. The monoisotopic (exact) mass is 339 g/mol. The summed E-state index contributed by atoms with van der Waals surface area (Å²) in [5.74, 6) is 0.576. The van der Waals surface area contributed by atoms with Gasteiger partial charge in [-0.2, -0.15) is 0 Å². The minimum Gasteiger partial charge on any atom is -0.481 e. The van der Waals surface area contributed by atoms with E-state index in [1.54, 1.807) is 26.3 Å². The average Bonchev–Trinajstić information content (AvgIpc) is 2.48. The van der Waals surface area contributed by atoms with E-state index in [2.05, 4.69) is 10.3 Å². The van der Waals surface area contributed by atoms with Crippen LogP contribution < -0.4 is 10.1 Å². The van der Waals surface area contributed by atoms with Gasteiger partial charge in [-0.15, -0.1) is 0 Å². The number of hydrogen-bond donors (Lipinski definition) is 2. The molecule has 1 rings (SSSR count). The van der Waals surface area contributed by atoms with Crippen molar-refractivity contribution in [2.45, 2.75) is 45.9 Å². The van der Waals surface area contributed by atoms with Crippen molar-refractivity contribution >= 4 is 6.09 Å². The second kappa shape index (κ2) is 9.44. The van der Waals surface area contributed by atoms with Gasteiger partial charge in [-0.3, -0.25) is 0 Å². The SMILES string of the molecule is COc1ccc(CNCCN(CC(C)O)C(=O)OC(C)(C)C)cn1. The first-order valence-electron chi connectivity index (χ1n) is 8.07. The van der Waals surface area contributed by atoms with E-state index in [9.17, 15) is 9.90 Å². The third kappa shape index (κ3) is 8.12. The van der Waals surface area contributed by atoms with Gasteiger partial charge in [0.25, 0.3) is 0 Å². The summed E-state index contributed by atoms with van der Waals surface area (Å²) in [6.07, 6.45) is 0.715. The van der Waals surface area contributed by atoms with Gasteiger partial charge >= 0.3 is 6.09 Å². The maximum atomic E-state index is 12.2. The van der Waals surface area contributed by atoms with Crippen molar-refractivity contribution < 1.29 is 19.4 Å². The Morgan fingerprint density at radius 1 is 1.42 bits per heavy atom. The van der Waals surface area contributed by atoms with Crippen LogP contribution in [-0.2, 0) is 11.3 Å². The van der Waals surface area contributed by atoms with E-state index in [1.807, 2.05) is 26.8 Å². The number of hydrogen-bond acceptors (Lipinski definition) is 6. The van der Waals surface area contributed by atoms with Gasteiger partial charge in [0.05, 0.1) is 13.2 Å². The van der Waals surface area contributed by atoms with E-state index < -0.39 is 17.8 Å². The van der Waals surface area contributed by atoms with Crippen LogP contribution >= 0.6 is 0 Å². The Labute approximate surface area is 144 Å². The van der Waals surface area contributed by atoms with Crippen molar-refractivity contribution in [1.29, 1.82) is 0 Å². The number of carbonyl (C=O) groups is 1. The zero-order chi connectivity index (χ0) is 18.2. The number of methoxy groups -OCH3 is 1. The highest BCUT2D eigenvalue weighted by atomic mass is 16.6. The van der Waals surface area contributed by atoms with Gasteiger partial charge in [0.2, 0.25) is 5.88 Å². The van der Waals surface area contributed by atoms with Crippen LogP contribution in [0.2, 0.25) is 0 Å². The number of rotatable bonds is 8. The number of aromatic nitrogens is 1. The lowest BCUT2D eigenvalue weighted by Crippen LogP contribution is -2.43. The first-order chi connectivity index (χ1) is 11.2. The molecular weight excluding hydrogens is 310 g/mol. The lowest BCUT2D eigenvalue weighted by Gasteiger charge is -2.28. The lowest BCUT2D eigenvalue weighted by molar-refractivity contribution is 0.0164. The van der Waals surface area contributed by atoms with Crippen molar-refractivity contribution in [3.05, 3.63) is 23.9 Å². The molecule has 0 aliphatic heterocycles. The standard InChI is InChI=1S/C17H29N3O4/c1-13(21)12-20(16(22)24-17(2,3)4)9-8-18-10-14-6-7-15(23-5)19-11-14/h6-7,11,13,18,21H,8-10,12H2,1-5H3. The molecule has 0 aromatic carbocycles. The van der Waals surface area contributed by atoms with E-state index >= 15 is 0 Å². The Balaban J connectivity index is 2.44. The largest absolute Gasteiger partial charge is 0.481 e. The predicted octanol–water partition coefficient (Wildman–Crippen LogP) is 1.80. The molecule has 0 bridgehead atoms. The van der Waals surface area contributed by atoms with E-state index in [0.29, 0.717) is 25.5 Å². The van der Waals surface area contributed by atoms with Crippen molar-refractivity contribution in [3.8, 4) is 5.88 Å². The van der Waals surface area contributed by atoms with Crippen molar-refractivity contribution in [2.75, 3.05) is 26.7 Å². The maximum Gasteiger partial charge on any atom is 0.410 e. The molecule has 1 unspecified atom stereocenters. The number of carbonyl (C=O) groups excluding carboxylic acids is 1. The molecule has 24 heavy (non-hydrogen) atoms. The number of amides is 1. The summed E-state index contributed by atoms with van der Waals surface area (Å²) in [5.41, 5.74) is 0.464. The summed E-state index contributed by atoms with van der Waals surface area (Å²) in [6, 6.07) is 3.73. The van der Waals surface area contributed by atoms with Crippen LogP contribution in [0.1, 0.15) is 33.3 Å². The fourth-order valence-electron chi connectivity index (χ4n) is 1.99. The summed E-state index contributed by atoms with van der Waals surface area (Å²) >= 11 is 0. The molecule has 7 nitrogen and oxygen atoms in total. The van der Waals surface area contributed by atoms with Crippen LogP contribution in [0.3, 0.4) is 0 Å². The number of nitrogens with zero attached hydrogens (tertiary/aromatic N) is 2. The van der Waals surface area contributed by atoms with Gasteiger partial charge in [-0.1, -0.05) is 6.07 Å². The number of ether oxygens (including phenoxy) is 2. The van der Waals surface area contributed by atoms with Crippen LogP contribution in [0.4, 0.5) is 4.79 Å². The predicted molar refractivity (Wildman–Crippen MR) is 92.0 cm³/mol. The van der Waals surface area contributed by atoms with E-state index in [0.717, 1.165) is 5.56 Å². The molecule has 0 radical (unpaired) electrons. The quantitative estimate of drug-likeness (QED) is 0.703. The molecule has 0 fully saturated rings. The van der Waals surface area contributed by atoms with Crippen molar-refractivity contribution in [3.63, 3.8) is 0 Å². The Bertz CT molecular complexity index is 498. The second-order valence-corrected chi connectivity index (χ2v) is 6.66. The molecule has 1 aromatic heterocycles. The molecule has 0 saturated carbocycles. The first-order valence-corrected chi connectivity index (χ1v) is 8.07. The van der Waals surface area contributed by atoms with E-state index in [4.69, 9.17) is 9.47 Å². The van der Waals surface area contributed by atoms with Crippen LogP contribution in [0.5, 0.6) is 5.88 Å². The van der Waals surface area contributed by atoms with Crippen molar-refractivity contribution in [2.24, 2.45) is 0 Å². The Morgan fingerprint density at radius 3 is 2.62 bits per heavy atom. The minimum atomic E-state index is -0.608. The van der Waals surface area contributed by atoms with Gasteiger partial charge < -0.3 is 24.8 Å². The fraction of sp³-hybridized carbons (Fsp3) is 0.647. The highest BCUT2D eigenvalue weighted by Crippen LogP contribution is 2.10. The highest BCUT2D eigenvalue weighted by Gasteiger charge is 2.22. The summed E-state index contributed by atoms with van der Waals surface area (Å²) in [6.45, 7) is 9.00. The molecule has 2 N–H and O–H groups in total. The zero-order valence-electron chi connectivity index (χ0n) is 15.2. The van der Waals surface area contributed by atoms with Crippen LogP contribution in [0.25, 0.3) is 0 Å². The smallest absolute Gasteiger partial charge is 0.410 e. The molecule has 0 saturated heterocycles. The Kier molecular flexibility index (Phi) is 7.94. The molecule has 1 amide bonds. The summed E-state index contributed by atoms with van der Waals surface area (Å²) in [5, 5.41) is 12.8. The molecule has 7 heteroatoms. The maximum absolute atomic E-state index is 12.2. The number of aliphatic hydroxyl groups excluding tert-OH is 1. The van der Waals surface area contributed by atoms with Gasteiger partial charge in [-0.25, -0.2) is 9.78 Å².